The van der Waals surface area contributed by atoms with Crippen LogP contribution >= 0.6 is 22.6 Å². The van der Waals surface area contributed by atoms with Gasteiger partial charge in [-0.3, -0.25) is 9.59 Å². The number of carbonyl (C=O) groups excluding carboxylic acids is 2. The molecule has 2 aromatic heterocycles. The zero-order chi connectivity index (χ0) is 23.1. The van der Waals surface area contributed by atoms with Gasteiger partial charge in [0.1, 0.15) is 5.65 Å². The Hall–Kier alpha value is -2.29. The van der Waals surface area contributed by atoms with Crippen molar-refractivity contribution in [3.63, 3.8) is 0 Å². The van der Waals surface area contributed by atoms with Gasteiger partial charge in [0.15, 0.2) is 0 Å². The number of carbonyl (C=O) groups is 2. The van der Waals surface area contributed by atoms with Crippen LogP contribution < -0.4 is 4.90 Å². The molecule has 0 unspecified atom stereocenters. The smallest absolute Gasteiger partial charge is 0.241 e. The average molecular weight is 532 g/mol. The first-order chi connectivity index (χ1) is 14.3. The van der Waals surface area contributed by atoms with Gasteiger partial charge in [-0.1, -0.05) is 71.9 Å². The number of fused-ring (bicyclic) bond motifs is 1. The lowest BCUT2D eigenvalue weighted by Crippen LogP contribution is -2.49. The maximum Gasteiger partial charge on any atom is 0.241 e. The van der Waals surface area contributed by atoms with Gasteiger partial charge in [-0.2, -0.15) is 4.98 Å². The van der Waals surface area contributed by atoms with Crippen molar-refractivity contribution in [1.82, 2.24) is 14.5 Å². The van der Waals surface area contributed by atoms with E-state index in [1.54, 1.807) is 41.5 Å². The van der Waals surface area contributed by atoms with E-state index in [2.05, 4.69) is 39.7 Å². The van der Waals surface area contributed by atoms with Crippen LogP contribution in [-0.2, 0) is 16.1 Å². The molecule has 31 heavy (non-hydrogen) atoms. The summed E-state index contributed by atoms with van der Waals surface area (Å²) >= 11 is 2.28. The van der Waals surface area contributed by atoms with Gasteiger partial charge in [0.05, 0.1) is 11.1 Å². The Bertz CT molecular complexity index is 1110. The number of nitrogens with zero attached hydrogens (tertiary/aromatic N) is 4. The van der Waals surface area contributed by atoms with Crippen molar-refractivity contribution in [3.8, 4) is 0 Å². The number of hydrogen-bond acceptors (Lipinski definition) is 4. The van der Waals surface area contributed by atoms with Crippen molar-refractivity contribution in [2.45, 2.75) is 55.0 Å². The fraction of sp³-hybridized carbons (Fsp3) is 0.417. The number of benzene rings is 1. The summed E-state index contributed by atoms with van der Waals surface area (Å²) in [6.07, 6.45) is 2.03. The monoisotopic (exact) mass is 532 g/mol. The highest BCUT2D eigenvalue weighted by molar-refractivity contribution is 14.1. The molecule has 0 aliphatic heterocycles. The van der Waals surface area contributed by atoms with Gasteiger partial charge in [0.2, 0.25) is 17.8 Å². The summed E-state index contributed by atoms with van der Waals surface area (Å²) < 4.78 is 3.08. The highest BCUT2D eigenvalue weighted by Crippen LogP contribution is 2.31. The molecule has 7 heteroatoms. The Morgan fingerprint density at radius 2 is 1.52 bits per heavy atom. The fourth-order valence-electron chi connectivity index (χ4n) is 3.24. The predicted molar refractivity (Wildman–Crippen MR) is 132 cm³/mol. The van der Waals surface area contributed by atoms with Crippen LogP contribution in [0, 0.1) is 21.3 Å². The SMILES string of the molecule is Cc1nc(N(C(=O)C(C)(C)C)C(=O)C(C)(C)C)nc2c1c(I)cn2Cc1ccccc1. The standard InChI is InChI=1S/C24H29IN4O2/c1-15-18-17(25)14-28(13-16-11-9-8-10-12-16)19(18)27-22(26-15)29(20(30)23(2,3)4)21(31)24(5,6)7/h8-12,14H,13H2,1-7H3. The predicted octanol–water partition coefficient (Wildman–Crippen LogP) is 5.34. The fourth-order valence-corrected chi connectivity index (χ4v) is 4.21. The second-order valence-electron chi connectivity index (χ2n) is 9.84. The van der Waals surface area contributed by atoms with E-state index >= 15 is 0 Å². The quantitative estimate of drug-likeness (QED) is 0.427. The zero-order valence-electron chi connectivity index (χ0n) is 19.2. The molecule has 0 radical (unpaired) electrons. The van der Waals surface area contributed by atoms with Crippen LogP contribution in [0.25, 0.3) is 11.0 Å². The van der Waals surface area contributed by atoms with Crippen LogP contribution in [0.4, 0.5) is 5.95 Å². The molecule has 0 spiro atoms. The minimum atomic E-state index is -0.756. The van der Waals surface area contributed by atoms with Crippen molar-refractivity contribution in [2.24, 2.45) is 10.8 Å². The number of hydrogen-bond donors (Lipinski definition) is 0. The molecule has 164 valence electrons. The van der Waals surface area contributed by atoms with E-state index in [-0.39, 0.29) is 17.8 Å². The van der Waals surface area contributed by atoms with E-state index in [0.29, 0.717) is 12.2 Å². The van der Waals surface area contributed by atoms with Gasteiger partial charge in [-0.25, -0.2) is 9.88 Å². The highest BCUT2D eigenvalue weighted by atomic mass is 127. The third-order valence-electron chi connectivity index (χ3n) is 4.92. The molecule has 0 bridgehead atoms. The van der Waals surface area contributed by atoms with Crippen LogP contribution in [0.3, 0.4) is 0 Å². The van der Waals surface area contributed by atoms with Gasteiger partial charge >= 0.3 is 0 Å². The molecule has 0 N–H and O–H groups in total. The van der Waals surface area contributed by atoms with E-state index in [1.807, 2.05) is 35.9 Å². The van der Waals surface area contributed by atoms with E-state index in [9.17, 15) is 9.59 Å². The summed E-state index contributed by atoms with van der Waals surface area (Å²) in [5.41, 5.74) is 1.08. The Kier molecular flexibility index (Phi) is 6.28. The van der Waals surface area contributed by atoms with Crippen molar-refractivity contribution < 1.29 is 9.59 Å². The maximum absolute atomic E-state index is 13.3. The molecule has 0 saturated carbocycles. The molecule has 1 aromatic carbocycles. The van der Waals surface area contributed by atoms with Crippen LogP contribution in [0.5, 0.6) is 0 Å². The van der Waals surface area contributed by atoms with Gasteiger partial charge in [-0.15, -0.1) is 0 Å². The first kappa shape index (κ1) is 23.4. The molecule has 0 aliphatic rings. The lowest BCUT2D eigenvalue weighted by atomic mass is 9.90. The summed E-state index contributed by atoms with van der Waals surface area (Å²) in [4.78, 5) is 37.1. The van der Waals surface area contributed by atoms with E-state index < -0.39 is 10.8 Å². The Morgan fingerprint density at radius 1 is 0.968 bits per heavy atom. The van der Waals surface area contributed by atoms with Crippen molar-refractivity contribution >= 4 is 51.4 Å². The molecule has 2 amide bonds. The van der Waals surface area contributed by atoms with Crippen LogP contribution in [0.1, 0.15) is 52.8 Å². The van der Waals surface area contributed by atoms with Crippen LogP contribution in [0.2, 0.25) is 0 Å². The third-order valence-corrected chi connectivity index (χ3v) is 5.74. The molecule has 0 atom stereocenters. The molecule has 0 saturated heterocycles. The Labute approximate surface area is 197 Å². The number of imide groups is 1. The largest absolute Gasteiger partial charge is 0.327 e. The molecular formula is C24H29IN4O2. The summed E-state index contributed by atoms with van der Waals surface area (Å²) in [6, 6.07) is 10.1. The molecule has 3 aromatic rings. The minimum Gasteiger partial charge on any atom is -0.327 e. The molecule has 0 aliphatic carbocycles. The third kappa shape index (κ3) is 4.81. The van der Waals surface area contributed by atoms with Gasteiger partial charge in [-0.05, 0) is 35.1 Å². The molecule has 6 nitrogen and oxygen atoms in total. The van der Waals surface area contributed by atoms with E-state index in [0.717, 1.165) is 20.2 Å². The normalized spacial score (nSPS) is 12.3. The van der Waals surface area contributed by atoms with Crippen LogP contribution in [0.15, 0.2) is 36.5 Å². The topological polar surface area (TPSA) is 68.1 Å². The average Bonchev–Trinajstić information content (AvgIpc) is 2.97. The lowest BCUT2D eigenvalue weighted by Gasteiger charge is -2.31. The highest BCUT2D eigenvalue weighted by Gasteiger charge is 2.39. The number of anilines is 1. The van der Waals surface area contributed by atoms with Crippen molar-refractivity contribution in [1.29, 1.82) is 0 Å². The molecular weight excluding hydrogens is 503 g/mol. The number of amides is 2. The van der Waals surface area contributed by atoms with E-state index in [1.165, 1.54) is 4.90 Å². The Morgan fingerprint density at radius 3 is 2.03 bits per heavy atom. The molecule has 2 heterocycles. The van der Waals surface area contributed by atoms with Crippen LogP contribution in [-0.4, -0.2) is 26.3 Å². The summed E-state index contributed by atoms with van der Waals surface area (Å²) in [6.45, 7) is 13.3. The van der Waals surface area contributed by atoms with Crippen molar-refractivity contribution in [3.05, 3.63) is 51.4 Å². The minimum absolute atomic E-state index is 0.133. The second-order valence-corrected chi connectivity index (χ2v) is 11.0. The number of aromatic nitrogens is 3. The lowest BCUT2D eigenvalue weighted by molar-refractivity contribution is -0.134. The number of rotatable bonds is 3. The molecule has 0 fully saturated rings. The summed E-state index contributed by atoms with van der Waals surface area (Å²) in [5, 5.41) is 0.937. The number of halogens is 1. The number of aryl methyl sites for hydroxylation is 1. The Balaban J connectivity index is 2.21. The first-order valence-corrected chi connectivity index (χ1v) is 11.3. The second kappa shape index (κ2) is 8.33. The van der Waals surface area contributed by atoms with Crippen molar-refractivity contribution in [2.75, 3.05) is 4.90 Å². The summed E-state index contributed by atoms with van der Waals surface area (Å²) in [5.74, 6) is -0.502. The summed E-state index contributed by atoms with van der Waals surface area (Å²) in [7, 11) is 0. The molecule has 3 rings (SSSR count). The van der Waals surface area contributed by atoms with E-state index in [4.69, 9.17) is 4.98 Å². The zero-order valence-corrected chi connectivity index (χ0v) is 21.3. The van der Waals surface area contributed by atoms with Gasteiger partial charge in [0.25, 0.3) is 0 Å². The maximum atomic E-state index is 13.3. The van der Waals surface area contributed by atoms with Gasteiger partial charge in [0, 0.05) is 27.1 Å². The first-order valence-electron chi connectivity index (χ1n) is 10.3. The van der Waals surface area contributed by atoms with Gasteiger partial charge < -0.3 is 4.57 Å².